The summed E-state index contributed by atoms with van der Waals surface area (Å²) in [6.07, 6.45) is 11.0. The molecule has 0 aromatic heterocycles. The van der Waals surface area contributed by atoms with Crippen molar-refractivity contribution in [3.63, 3.8) is 0 Å². The van der Waals surface area contributed by atoms with E-state index in [2.05, 4.69) is 12.2 Å². The molecule has 0 radical (unpaired) electrons. The van der Waals surface area contributed by atoms with Gasteiger partial charge in [-0.15, -0.1) is 0 Å². The Morgan fingerprint density at radius 1 is 1.12 bits per heavy atom. The molecule has 2 unspecified atom stereocenters. The molecule has 2 atom stereocenters. The largest absolute Gasteiger partial charge is 0.381 e. The summed E-state index contributed by atoms with van der Waals surface area (Å²) < 4.78 is 5.51. The van der Waals surface area contributed by atoms with E-state index in [1.165, 1.54) is 51.4 Å². The Morgan fingerprint density at radius 2 is 1.88 bits per heavy atom. The van der Waals surface area contributed by atoms with E-state index in [0.717, 1.165) is 25.2 Å². The SMILES string of the molecule is CCC(NC1CCCCCC1)C1CCOC1. The Morgan fingerprint density at radius 3 is 2.44 bits per heavy atom. The van der Waals surface area contributed by atoms with Crippen LogP contribution < -0.4 is 5.32 Å². The van der Waals surface area contributed by atoms with Crippen molar-refractivity contribution in [1.29, 1.82) is 0 Å². The number of hydrogen-bond donors (Lipinski definition) is 1. The average molecular weight is 225 g/mol. The average Bonchev–Trinajstić information content (AvgIpc) is 2.71. The lowest BCUT2D eigenvalue weighted by Crippen LogP contribution is -2.42. The molecule has 2 nitrogen and oxygen atoms in total. The lowest BCUT2D eigenvalue weighted by molar-refractivity contribution is 0.172. The van der Waals surface area contributed by atoms with Crippen LogP contribution in [0.1, 0.15) is 58.3 Å². The van der Waals surface area contributed by atoms with Crippen LogP contribution in [-0.2, 0) is 4.74 Å². The van der Waals surface area contributed by atoms with E-state index in [9.17, 15) is 0 Å². The van der Waals surface area contributed by atoms with Crippen molar-refractivity contribution in [1.82, 2.24) is 5.32 Å². The smallest absolute Gasteiger partial charge is 0.0510 e. The molecule has 0 spiro atoms. The molecule has 0 amide bonds. The highest BCUT2D eigenvalue weighted by molar-refractivity contribution is 4.82. The zero-order valence-corrected chi connectivity index (χ0v) is 10.7. The molecule has 0 aromatic carbocycles. The molecule has 1 N–H and O–H groups in total. The first-order valence-electron chi connectivity index (χ1n) is 7.24. The molecule has 16 heavy (non-hydrogen) atoms. The number of hydrogen-bond acceptors (Lipinski definition) is 2. The summed E-state index contributed by atoms with van der Waals surface area (Å²) in [5, 5.41) is 3.91. The van der Waals surface area contributed by atoms with Gasteiger partial charge in [0.25, 0.3) is 0 Å². The highest BCUT2D eigenvalue weighted by Crippen LogP contribution is 2.23. The first-order valence-corrected chi connectivity index (χ1v) is 7.24. The summed E-state index contributed by atoms with van der Waals surface area (Å²) in [6, 6.07) is 1.48. The van der Waals surface area contributed by atoms with Crippen LogP contribution in [0.2, 0.25) is 0 Å². The Bertz CT molecular complexity index is 181. The molecule has 0 bridgehead atoms. The monoisotopic (exact) mass is 225 g/mol. The van der Waals surface area contributed by atoms with Crippen molar-refractivity contribution in [2.75, 3.05) is 13.2 Å². The molecule has 94 valence electrons. The topological polar surface area (TPSA) is 21.3 Å². The van der Waals surface area contributed by atoms with Gasteiger partial charge >= 0.3 is 0 Å². The van der Waals surface area contributed by atoms with Crippen LogP contribution in [0.25, 0.3) is 0 Å². The van der Waals surface area contributed by atoms with Gasteiger partial charge in [0, 0.05) is 18.7 Å². The van der Waals surface area contributed by atoms with Gasteiger partial charge in [-0.3, -0.25) is 0 Å². The van der Waals surface area contributed by atoms with Crippen molar-refractivity contribution in [2.24, 2.45) is 5.92 Å². The minimum Gasteiger partial charge on any atom is -0.381 e. The van der Waals surface area contributed by atoms with Gasteiger partial charge in [-0.25, -0.2) is 0 Å². The molecule has 2 fully saturated rings. The van der Waals surface area contributed by atoms with Crippen molar-refractivity contribution < 1.29 is 4.74 Å². The molecular formula is C14H27NO. The predicted molar refractivity (Wildman–Crippen MR) is 67.6 cm³/mol. The van der Waals surface area contributed by atoms with Crippen LogP contribution in [0.3, 0.4) is 0 Å². The second kappa shape index (κ2) is 6.61. The van der Waals surface area contributed by atoms with Gasteiger partial charge in [-0.1, -0.05) is 32.6 Å². The third-order valence-electron chi connectivity index (χ3n) is 4.28. The quantitative estimate of drug-likeness (QED) is 0.742. The molecule has 0 aromatic rings. The Labute approximate surface area is 100 Å². The van der Waals surface area contributed by atoms with Crippen LogP contribution in [0, 0.1) is 5.92 Å². The maximum absolute atomic E-state index is 5.51. The normalized spacial score (nSPS) is 30.2. The van der Waals surface area contributed by atoms with Gasteiger partial charge in [-0.2, -0.15) is 0 Å². The van der Waals surface area contributed by atoms with Crippen molar-refractivity contribution >= 4 is 0 Å². The molecule has 1 heterocycles. The third kappa shape index (κ3) is 3.46. The fourth-order valence-electron chi connectivity index (χ4n) is 3.21. The Hall–Kier alpha value is -0.0800. The zero-order valence-electron chi connectivity index (χ0n) is 10.7. The van der Waals surface area contributed by atoms with E-state index in [0.29, 0.717) is 6.04 Å². The third-order valence-corrected chi connectivity index (χ3v) is 4.28. The summed E-state index contributed by atoms with van der Waals surface area (Å²) in [5.41, 5.74) is 0. The van der Waals surface area contributed by atoms with Crippen LogP contribution in [0.15, 0.2) is 0 Å². The van der Waals surface area contributed by atoms with Crippen molar-refractivity contribution in [2.45, 2.75) is 70.4 Å². The standard InChI is InChI=1S/C14H27NO/c1-2-14(12-9-10-16-11-12)15-13-7-5-3-4-6-8-13/h12-15H,2-11H2,1H3. The van der Waals surface area contributed by atoms with Crippen LogP contribution >= 0.6 is 0 Å². The van der Waals surface area contributed by atoms with Gasteiger partial charge in [0.05, 0.1) is 6.61 Å². The number of nitrogens with one attached hydrogen (secondary N) is 1. The second-order valence-corrected chi connectivity index (χ2v) is 5.49. The van der Waals surface area contributed by atoms with Crippen molar-refractivity contribution in [3.05, 3.63) is 0 Å². The summed E-state index contributed by atoms with van der Waals surface area (Å²) in [6.45, 7) is 4.28. The molecule has 1 saturated heterocycles. The van der Waals surface area contributed by atoms with Crippen LogP contribution in [0.5, 0.6) is 0 Å². The fourth-order valence-corrected chi connectivity index (χ4v) is 3.21. The molecule has 1 aliphatic carbocycles. The van der Waals surface area contributed by atoms with E-state index in [4.69, 9.17) is 4.74 Å². The molecule has 1 saturated carbocycles. The van der Waals surface area contributed by atoms with E-state index in [1.54, 1.807) is 0 Å². The highest BCUT2D eigenvalue weighted by atomic mass is 16.5. The van der Waals surface area contributed by atoms with Gasteiger partial charge < -0.3 is 10.1 Å². The van der Waals surface area contributed by atoms with Gasteiger partial charge in [0.15, 0.2) is 0 Å². The van der Waals surface area contributed by atoms with Crippen LogP contribution in [-0.4, -0.2) is 25.3 Å². The summed E-state index contributed by atoms with van der Waals surface area (Å²) in [4.78, 5) is 0. The minimum absolute atomic E-state index is 0.700. The summed E-state index contributed by atoms with van der Waals surface area (Å²) >= 11 is 0. The van der Waals surface area contributed by atoms with E-state index in [-0.39, 0.29) is 0 Å². The molecule has 2 aliphatic rings. The first kappa shape index (κ1) is 12.4. The van der Waals surface area contributed by atoms with Gasteiger partial charge in [-0.05, 0) is 31.6 Å². The Balaban J connectivity index is 1.79. The lowest BCUT2D eigenvalue weighted by Gasteiger charge is -2.28. The fraction of sp³-hybridized carbons (Fsp3) is 1.00. The number of ether oxygens (including phenoxy) is 1. The second-order valence-electron chi connectivity index (χ2n) is 5.49. The lowest BCUT2D eigenvalue weighted by atomic mass is 9.95. The highest BCUT2D eigenvalue weighted by Gasteiger charge is 2.26. The summed E-state index contributed by atoms with van der Waals surface area (Å²) in [7, 11) is 0. The maximum atomic E-state index is 5.51. The molecular weight excluding hydrogens is 198 g/mol. The predicted octanol–water partition coefficient (Wildman–Crippen LogP) is 3.11. The Kier molecular flexibility index (Phi) is 5.11. The number of rotatable bonds is 4. The molecule has 1 aliphatic heterocycles. The van der Waals surface area contributed by atoms with E-state index < -0.39 is 0 Å². The minimum atomic E-state index is 0.700. The molecule has 2 heteroatoms. The van der Waals surface area contributed by atoms with E-state index >= 15 is 0 Å². The maximum Gasteiger partial charge on any atom is 0.0510 e. The van der Waals surface area contributed by atoms with Crippen LogP contribution in [0.4, 0.5) is 0 Å². The summed E-state index contributed by atoms with van der Waals surface area (Å²) in [5.74, 6) is 0.772. The van der Waals surface area contributed by atoms with Gasteiger partial charge in [0.1, 0.15) is 0 Å². The first-order chi connectivity index (χ1) is 7.90. The molecule has 2 rings (SSSR count). The van der Waals surface area contributed by atoms with E-state index in [1.807, 2.05) is 0 Å². The van der Waals surface area contributed by atoms with Crippen molar-refractivity contribution in [3.8, 4) is 0 Å². The zero-order chi connectivity index (χ0) is 11.2. The van der Waals surface area contributed by atoms with Gasteiger partial charge in [0.2, 0.25) is 0 Å².